The molecule has 0 fully saturated rings. The molecule has 8 heteroatoms. The van der Waals surface area contributed by atoms with Gasteiger partial charge in [0.05, 0.1) is 6.20 Å². The highest BCUT2D eigenvalue weighted by atomic mass is 35.5. The number of hydrogen-bond acceptors (Lipinski definition) is 4. The van der Waals surface area contributed by atoms with Gasteiger partial charge in [-0.1, -0.05) is 11.6 Å². The second-order valence-electron chi connectivity index (χ2n) is 3.90. The molecule has 3 rings (SSSR count). The van der Waals surface area contributed by atoms with Gasteiger partial charge < -0.3 is 5.11 Å². The lowest BCUT2D eigenvalue weighted by atomic mass is 10.3. The van der Waals surface area contributed by atoms with Gasteiger partial charge in [-0.15, -0.1) is 0 Å². The highest BCUT2D eigenvalue weighted by Gasteiger charge is 2.18. The molecule has 7 nitrogen and oxygen atoms in total. The van der Waals surface area contributed by atoms with Crippen molar-refractivity contribution in [3.8, 4) is 11.6 Å². The van der Waals surface area contributed by atoms with Crippen LogP contribution in [0.2, 0.25) is 5.02 Å². The topological polar surface area (TPSA) is 85.8 Å². The number of rotatable bonds is 3. The molecule has 0 saturated carbocycles. The van der Waals surface area contributed by atoms with Crippen LogP contribution in [0.1, 0.15) is 10.5 Å². The van der Waals surface area contributed by atoms with E-state index in [2.05, 4.69) is 15.1 Å². The van der Waals surface area contributed by atoms with Crippen LogP contribution in [0.15, 0.2) is 43.1 Å². The smallest absolute Gasteiger partial charge is 0.354 e. The Morgan fingerprint density at radius 1 is 1.25 bits per heavy atom. The zero-order chi connectivity index (χ0) is 14.1. The van der Waals surface area contributed by atoms with Crippen molar-refractivity contribution in [2.75, 3.05) is 0 Å². The third kappa shape index (κ3) is 2.04. The van der Waals surface area contributed by atoms with Gasteiger partial charge in [0.1, 0.15) is 12.7 Å². The van der Waals surface area contributed by atoms with E-state index in [4.69, 9.17) is 11.6 Å². The molecule has 0 unspecified atom stereocenters. The second kappa shape index (κ2) is 4.78. The molecule has 0 spiro atoms. The number of carboxylic acids is 1. The molecule has 0 aliphatic carbocycles. The van der Waals surface area contributed by atoms with Crippen molar-refractivity contribution in [3.63, 3.8) is 0 Å². The molecule has 0 amide bonds. The molecule has 0 aliphatic rings. The van der Waals surface area contributed by atoms with Crippen molar-refractivity contribution in [1.29, 1.82) is 0 Å². The first-order valence-electron chi connectivity index (χ1n) is 5.59. The number of benzene rings is 1. The normalized spacial score (nSPS) is 10.7. The number of aromatic carboxylic acids is 1. The lowest BCUT2D eigenvalue weighted by Gasteiger charge is -2.09. The van der Waals surface area contributed by atoms with E-state index < -0.39 is 5.97 Å². The van der Waals surface area contributed by atoms with Crippen molar-refractivity contribution >= 4 is 17.6 Å². The summed E-state index contributed by atoms with van der Waals surface area (Å²) in [7, 11) is 0. The summed E-state index contributed by atoms with van der Waals surface area (Å²) in [6.07, 6.45) is 4.07. The van der Waals surface area contributed by atoms with Gasteiger partial charge in [-0.3, -0.25) is 4.57 Å². The van der Waals surface area contributed by atoms with Crippen LogP contribution in [0.5, 0.6) is 0 Å². The van der Waals surface area contributed by atoms with E-state index >= 15 is 0 Å². The van der Waals surface area contributed by atoms with Crippen LogP contribution in [0.4, 0.5) is 0 Å². The summed E-state index contributed by atoms with van der Waals surface area (Å²) in [6, 6.07) is 6.76. The Morgan fingerprint density at radius 2 is 2.00 bits per heavy atom. The van der Waals surface area contributed by atoms with Gasteiger partial charge in [-0.2, -0.15) is 9.78 Å². The summed E-state index contributed by atoms with van der Waals surface area (Å²) in [5, 5.41) is 13.8. The molecule has 100 valence electrons. The lowest BCUT2D eigenvalue weighted by Crippen LogP contribution is -2.11. The van der Waals surface area contributed by atoms with E-state index in [1.54, 1.807) is 24.3 Å². The molecule has 20 heavy (non-hydrogen) atoms. The third-order valence-corrected chi connectivity index (χ3v) is 2.92. The molecule has 0 atom stereocenters. The number of carbonyl (C=O) groups is 1. The highest BCUT2D eigenvalue weighted by molar-refractivity contribution is 6.30. The number of halogens is 1. The minimum absolute atomic E-state index is 0.0258. The Labute approximate surface area is 118 Å². The van der Waals surface area contributed by atoms with Crippen LogP contribution in [0.25, 0.3) is 11.6 Å². The van der Waals surface area contributed by atoms with Crippen molar-refractivity contribution < 1.29 is 9.90 Å². The number of aromatic nitrogens is 5. The van der Waals surface area contributed by atoms with Crippen molar-refractivity contribution in [1.82, 2.24) is 24.3 Å². The monoisotopic (exact) mass is 289 g/mol. The fourth-order valence-electron chi connectivity index (χ4n) is 1.81. The Hall–Kier alpha value is -2.67. The molecule has 0 radical (unpaired) electrons. The van der Waals surface area contributed by atoms with Crippen LogP contribution in [-0.4, -0.2) is 35.4 Å². The maximum atomic E-state index is 11.3. The van der Waals surface area contributed by atoms with Crippen LogP contribution < -0.4 is 0 Å². The van der Waals surface area contributed by atoms with Gasteiger partial charge in [0, 0.05) is 10.7 Å². The van der Waals surface area contributed by atoms with Crippen molar-refractivity contribution in [3.05, 3.63) is 53.8 Å². The summed E-state index contributed by atoms with van der Waals surface area (Å²) < 4.78 is 2.86. The fourth-order valence-corrected chi connectivity index (χ4v) is 1.94. The van der Waals surface area contributed by atoms with Crippen LogP contribution in [-0.2, 0) is 0 Å². The molecule has 0 aliphatic heterocycles. The molecular weight excluding hydrogens is 282 g/mol. The van der Waals surface area contributed by atoms with Gasteiger partial charge in [-0.25, -0.2) is 14.8 Å². The van der Waals surface area contributed by atoms with Gasteiger partial charge in [-0.05, 0) is 24.3 Å². The molecule has 1 N–H and O–H groups in total. The molecule has 1 aromatic carbocycles. The zero-order valence-electron chi connectivity index (χ0n) is 10.0. The minimum Gasteiger partial charge on any atom is -0.477 e. The second-order valence-corrected chi connectivity index (χ2v) is 4.34. The minimum atomic E-state index is -1.08. The van der Waals surface area contributed by atoms with Gasteiger partial charge >= 0.3 is 5.97 Å². The summed E-state index contributed by atoms with van der Waals surface area (Å²) >= 11 is 5.85. The number of hydrogen-bond donors (Lipinski definition) is 1. The average Bonchev–Trinajstić information content (AvgIpc) is 3.08. The molecule has 0 bridgehead atoms. The Morgan fingerprint density at radius 3 is 2.60 bits per heavy atom. The van der Waals surface area contributed by atoms with Crippen LogP contribution in [0, 0.1) is 0 Å². The maximum absolute atomic E-state index is 11.3. The molecule has 2 aromatic heterocycles. The number of nitrogens with zero attached hydrogens (tertiary/aromatic N) is 5. The SMILES string of the molecule is O=C(O)c1cnc(-n2cncn2)n1-c1ccc(Cl)cc1. The largest absolute Gasteiger partial charge is 0.477 e. The first-order chi connectivity index (χ1) is 9.66. The standard InChI is InChI=1S/C12H8ClN5O2/c13-8-1-3-9(4-2-8)18-10(11(19)20)5-15-12(18)17-7-14-6-16-17/h1-7H,(H,19,20). The first kappa shape index (κ1) is 12.4. The van der Waals surface area contributed by atoms with E-state index in [1.807, 2.05) is 0 Å². The van der Waals surface area contributed by atoms with E-state index in [1.165, 1.54) is 28.1 Å². The number of imidazole rings is 1. The van der Waals surface area contributed by atoms with Crippen LogP contribution >= 0.6 is 11.6 Å². The number of carboxylic acid groups (broad SMARTS) is 1. The maximum Gasteiger partial charge on any atom is 0.354 e. The lowest BCUT2D eigenvalue weighted by molar-refractivity contribution is 0.0688. The third-order valence-electron chi connectivity index (χ3n) is 2.67. The molecule has 3 aromatic rings. The van der Waals surface area contributed by atoms with Crippen LogP contribution in [0.3, 0.4) is 0 Å². The molecule has 0 saturated heterocycles. The van der Waals surface area contributed by atoms with E-state index in [0.29, 0.717) is 16.7 Å². The summed E-state index contributed by atoms with van der Waals surface area (Å²) in [5.74, 6) is -0.749. The van der Waals surface area contributed by atoms with E-state index in [9.17, 15) is 9.90 Å². The predicted octanol–water partition coefficient (Wildman–Crippen LogP) is 1.80. The van der Waals surface area contributed by atoms with Crippen molar-refractivity contribution in [2.24, 2.45) is 0 Å². The molecule has 2 heterocycles. The Balaban J connectivity index is 2.23. The fraction of sp³-hybridized carbons (Fsp3) is 0. The van der Waals surface area contributed by atoms with Gasteiger partial charge in [0.15, 0.2) is 5.69 Å². The zero-order valence-corrected chi connectivity index (χ0v) is 10.8. The van der Waals surface area contributed by atoms with E-state index in [0.717, 1.165) is 0 Å². The predicted molar refractivity (Wildman–Crippen MR) is 70.5 cm³/mol. The van der Waals surface area contributed by atoms with Gasteiger partial charge in [0.25, 0.3) is 0 Å². The highest BCUT2D eigenvalue weighted by Crippen LogP contribution is 2.19. The summed E-state index contributed by atoms with van der Waals surface area (Å²) in [5.41, 5.74) is 0.646. The summed E-state index contributed by atoms with van der Waals surface area (Å²) in [6.45, 7) is 0. The average molecular weight is 290 g/mol. The van der Waals surface area contributed by atoms with E-state index in [-0.39, 0.29) is 5.69 Å². The van der Waals surface area contributed by atoms with Crippen molar-refractivity contribution in [2.45, 2.75) is 0 Å². The van der Waals surface area contributed by atoms with Gasteiger partial charge in [0.2, 0.25) is 5.95 Å². The Bertz CT molecular complexity index is 749. The molecular formula is C12H8ClN5O2. The summed E-state index contributed by atoms with van der Waals surface area (Å²) in [4.78, 5) is 19.2. The quantitative estimate of drug-likeness (QED) is 0.794. The Kier molecular flexibility index (Phi) is 2.96. The first-order valence-corrected chi connectivity index (χ1v) is 5.96.